The van der Waals surface area contributed by atoms with Crippen LogP contribution in [0.2, 0.25) is 0 Å². The molecule has 0 saturated carbocycles. The Labute approximate surface area is 121 Å². The normalized spacial score (nSPS) is 24.4. The van der Waals surface area contributed by atoms with Gasteiger partial charge in [-0.2, -0.15) is 0 Å². The van der Waals surface area contributed by atoms with Gasteiger partial charge in [0.25, 0.3) is 0 Å². The van der Waals surface area contributed by atoms with Crippen LogP contribution in [-0.2, 0) is 9.59 Å². The highest BCUT2D eigenvalue weighted by molar-refractivity contribution is 5.85. The maximum Gasteiger partial charge on any atom is 0.236 e. The number of carbonyl (C=O) groups excluding carboxylic acids is 2. The van der Waals surface area contributed by atoms with Crippen LogP contribution < -0.4 is 5.32 Å². The lowest BCUT2D eigenvalue weighted by molar-refractivity contribution is -0.142. The van der Waals surface area contributed by atoms with Crippen LogP contribution >= 0.6 is 12.4 Å². The number of likely N-dealkylation sites (tertiary alicyclic amines) is 1. The molecule has 110 valence electrons. The third-order valence-electron chi connectivity index (χ3n) is 3.77. The quantitative estimate of drug-likeness (QED) is 0.805. The van der Waals surface area contributed by atoms with Crippen molar-refractivity contribution in [3.05, 3.63) is 0 Å². The highest BCUT2D eigenvalue weighted by Crippen LogP contribution is 2.18. The van der Waals surface area contributed by atoms with Crippen molar-refractivity contribution in [3.63, 3.8) is 0 Å². The number of carbonyl (C=O) groups is 2. The SMILES string of the molecule is CC(C)C(=O)N1CCCC(N2CCNCC2=O)C1.Cl. The van der Waals surface area contributed by atoms with E-state index in [0.29, 0.717) is 13.1 Å². The van der Waals surface area contributed by atoms with Crippen LogP contribution in [0.1, 0.15) is 26.7 Å². The van der Waals surface area contributed by atoms with Crippen LogP contribution in [-0.4, -0.2) is 60.4 Å². The van der Waals surface area contributed by atoms with Crippen molar-refractivity contribution >= 4 is 24.2 Å². The van der Waals surface area contributed by atoms with E-state index in [1.165, 1.54) is 0 Å². The standard InChI is InChI=1S/C13H23N3O2.ClH/c1-10(2)13(18)15-6-3-4-11(9-15)16-7-5-14-8-12(16)17;/h10-11,14H,3-9H2,1-2H3;1H. The smallest absolute Gasteiger partial charge is 0.236 e. The molecule has 0 aromatic rings. The first-order chi connectivity index (χ1) is 8.59. The van der Waals surface area contributed by atoms with Crippen molar-refractivity contribution in [1.82, 2.24) is 15.1 Å². The Balaban J connectivity index is 0.00000180. The topological polar surface area (TPSA) is 52.7 Å². The molecule has 5 nitrogen and oxygen atoms in total. The zero-order valence-electron chi connectivity index (χ0n) is 11.7. The minimum absolute atomic E-state index is 0. The number of rotatable bonds is 2. The first-order valence-electron chi connectivity index (χ1n) is 6.88. The summed E-state index contributed by atoms with van der Waals surface area (Å²) in [6.45, 7) is 7.49. The molecule has 0 aromatic carbocycles. The van der Waals surface area contributed by atoms with Crippen molar-refractivity contribution < 1.29 is 9.59 Å². The summed E-state index contributed by atoms with van der Waals surface area (Å²) in [4.78, 5) is 27.8. The first kappa shape index (κ1) is 16.2. The molecule has 0 aromatic heterocycles. The zero-order chi connectivity index (χ0) is 13.1. The second-order valence-electron chi connectivity index (χ2n) is 5.50. The second kappa shape index (κ2) is 7.10. The Bertz CT molecular complexity index is 336. The molecule has 1 atom stereocenters. The van der Waals surface area contributed by atoms with Crippen molar-refractivity contribution in [3.8, 4) is 0 Å². The molecule has 2 fully saturated rings. The number of hydrogen-bond donors (Lipinski definition) is 1. The predicted molar refractivity (Wildman–Crippen MR) is 76.3 cm³/mol. The number of halogens is 1. The van der Waals surface area contributed by atoms with Gasteiger partial charge in [0, 0.05) is 38.1 Å². The van der Waals surface area contributed by atoms with Crippen molar-refractivity contribution in [2.75, 3.05) is 32.7 Å². The fourth-order valence-corrected chi connectivity index (χ4v) is 2.78. The maximum absolute atomic E-state index is 12.0. The fourth-order valence-electron chi connectivity index (χ4n) is 2.78. The van der Waals surface area contributed by atoms with E-state index in [2.05, 4.69) is 5.32 Å². The predicted octanol–water partition coefficient (Wildman–Crippen LogP) is 0.487. The fraction of sp³-hybridized carbons (Fsp3) is 0.846. The second-order valence-corrected chi connectivity index (χ2v) is 5.50. The molecule has 1 N–H and O–H groups in total. The number of nitrogens with one attached hydrogen (secondary N) is 1. The average molecular weight is 290 g/mol. The molecule has 0 aliphatic carbocycles. The Morgan fingerprint density at radius 2 is 2.11 bits per heavy atom. The van der Waals surface area contributed by atoms with Gasteiger partial charge in [-0.05, 0) is 12.8 Å². The summed E-state index contributed by atoms with van der Waals surface area (Å²) in [5, 5.41) is 3.08. The third-order valence-corrected chi connectivity index (χ3v) is 3.77. The molecule has 2 rings (SSSR count). The summed E-state index contributed by atoms with van der Waals surface area (Å²) in [6.07, 6.45) is 2.02. The summed E-state index contributed by atoms with van der Waals surface area (Å²) < 4.78 is 0. The van der Waals surface area contributed by atoms with Gasteiger partial charge in [0.1, 0.15) is 0 Å². The molecule has 1 unspecified atom stereocenters. The lowest BCUT2D eigenvalue weighted by Crippen LogP contribution is -2.57. The van der Waals surface area contributed by atoms with E-state index in [1.807, 2.05) is 23.6 Å². The van der Waals surface area contributed by atoms with E-state index in [0.717, 1.165) is 32.5 Å². The molecule has 0 bridgehead atoms. The van der Waals surface area contributed by atoms with E-state index in [4.69, 9.17) is 0 Å². The average Bonchev–Trinajstić information content (AvgIpc) is 2.38. The Hall–Kier alpha value is -0.810. The summed E-state index contributed by atoms with van der Waals surface area (Å²) in [5.74, 6) is 0.426. The monoisotopic (exact) mass is 289 g/mol. The Morgan fingerprint density at radius 3 is 2.74 bits per heavy atom. The van der Waals surface area contributed by atoms with Crippen molar-refractivity contribution in [2.24, 2.45) is 5.92 Å². The van der Waals surface area contributed by atoms with Gasteiger partial charge in [-0.25, -0.2) is 0 Å². The van der Waals surface area contributed by atoms with Gasteiger partial charge in [0.2, 0.25) is 11.8 Å². The Kier molecular flexibility index (Phi) is 6.07. The van der Waals surface area contributed by atoms with E-state index in [1.54, 1.807) is 0 Å². The number of piperidine rings is 1. The minimum atomic E-state index is 0. The molecular formula is C13H24ClN3O2. The van der Waals surface area contributed by atoms with E-state index >= 15 is 0 Å². The van der Waals surface area contributed by atoms with Crippen LogP contribution in [0.5, 0.6) is 0 Å². The number of piperazine rings is 1. The van der Waals surface area contributed by atoms with Gasteiger partial charge in [-0.3, -0.25) is 9.59 Å². The third kappa shape index (κ3) is 3.83. The highest BCUT2D eigenvalue weighted by Gasteiger charge is 2.31. The summed E-state index contributed by atoms with van der Waals surface area (Å²) >= 11 is 0. The molecular weight excluding hydrogens is 266 g/mol. The molecule has 2 amide bonds. The van der Waals surface area contributed by atoms with Gasteiger partial charge in [-0.15, -0.1) is 12.4 Å². The lowest BCUT2D eigenvalue weighted by atomic mass is 10.0. The molecule has 2 heterocycles. The van der Waals surface area contributed by atoms with Crippen molar-refractivity contribution in [2.45, 2.75) is 32.7 Å². The number of hydrogen-bond acceptors (Lipinski definition) is 3. The largest absolute Gasteiger partial charge is 0.340 e. The highest BCUT2D eigenvalue weighted by atomic mass is 35.5. The van der Waals surface area contributed by atoms with Gasteiger partial charge < -0.3 is 15.1 Å². The molecule has 0 spiro atoms. The molecule has 2 aliphatic heterocycles. The Morgan fingerprint density at radius 1 is 1.37 bits per heavy atom. The van der Waals surface area contributed by atoms with Crippen molar-refractivity contribution in [1.29, 1.82) is 0 Å². The maximum atomic E-state index is 12.0. The van der Waals surface area contributed by atoms with Crippen LogP contribution in [0.4, 0.5) is 0 Å². The minimum Gasteiger partial charge on any atom is -0.340 e. The van der Waals surface area contributed by atoms with Crippen LogP contribution in [0.25, 0.3) is 0 Å². The molecule has 0 radical (unpaired) electrons. The van der Waals surface area contributed by atoms with Gasteiger partial charge in [0.05, 0.1) is 6.54 Å². The molecule has 2 aliphatic rings. The molecule has 2 saturated heterocycles. The zero-order valence-corrected chi connectivity index (χ0v) is 12.5. The van der Waals surface area contributed by atoms with E-state index < -0.39 is 0 Å². The van der Waals surface area contributed by atoms with Crippen LogP contribution in [0, 0.1) is 5.92 Å². The van der Waals surface area contributed by atoms with Crippen LogP contribution in [0.3, 0.4) is 0 Å². The van der Waals surface area contributed by atoms with Gasteiger partial charge in [-0.1, -0.05) is 13.8 Å². The van der Waals surface area contributed by atoms with Gasteiger partial charge >= 0.3 is 0 Å². The number of amides is 2. The molecule has 6 heteroatoms. The lowest BCUT2D eigenvalue weighted by Gasteiger charge is -2.41. The van der Waals surface area contributed by atoms with E-state index in [9.17, 15) is 9.59 Å². The number of nitrogens with zero attached hydrogens (tertiary/aromatic N) is 2. The van der Waals surface area contributed by atoms with E-state index in [-0.39, 0.29) is 36.2 Å². The van der Waals surface area contributed by atoms with Crippen LogP contribution in [0.15, 0.2) is 0 Å². The summed E-state index contributed by atoms with van der Waals surface area (Å²) in [5.41, 5.74) is 0. The summed E-state index contributed by atoms with van der Waals surface area (Å²) in [7, 11) is 0. The summed E-state index contributed by atoms with van der Waals surface area (Å²) in [6, 6.07) is 0.219. The van der Waals surface area contributed by atoms with Gasteiger partial charge in [0.15, 0.2) is 0 Å². The first-order valence-corrected chi connectivity index (χ1v) is 6.88. The molecule has 19 heavy (non-hydrogen) atoms.